The van der Waals surface area contributed by atoms with Gasteiger partial charge in [-0.15, -0.1) is 0 Å². The largest absolute Gasteiger partial charge is 0.482 e. The first-order chi connectivity index (χ1) is 18.7. The van der Waals surface area contributed by atoms with E-state index in [-0.39, 0.29) is 17.8 Å². The molecule has 1 saturated carbocycles. The van der Waals surface area contributed by atoms with Gasteiger partial charge in [-0.25, -0.2) is 14.6 Å². The van der Waals surface area contributed by atoms with Crippen molar-refractivity contribution in [1.82, 2.24) is 4.98 Å². The van der Waals surface area contributed by atoms with Crippen LogP contribution in [-0.2, 0) is 20.7 Å². The van der Waals surface area contributed by atoms with Gasteiger partial charge in [-0.05, 0) is 87.8 Å². The molecule has 3 aromatic rings. The SMILES string of the molecule is CC=C(C)C(=O)OC1(C)CCC(CCCOC)C(c2ccnc(N)c2)C12Cc1cc3ccc(=O)oc3cc1O2. The van der Waals surface area contributed by atoms with Crippen LogP contribution in [0.3, 0.4) is 0 Å². The van der Waals surface area contributed by atoms with E-state index in [4.69, 9.17) is 24.4 Å². The number of nitrogens with zero attached hydrogens (tertiary/aromatic N) is 1. The molecule has 1 spiro atoms. The molecule has 2 aromatic heterocycles. The predicted octanol–water partition coefficient (Wildman–Crippen LogP) is 5.33. The Morgan fingerprint density at radius 2 is 2.08 bits per heavy atom. The Hall–Kier alpha value is -3.65. The summed E-state index contributed by atoms with van der Waals surface area (Å²) in [5.74, 6) is 0.764. The summed E-state index contributed by atoms with van der Waals surface area (Å²) >= 11 is 0. The van der Waals surface area contributed by atoms with Crippen LogP contribution in [0.25, 0.3) is 11.0 Å². The zero-order chi connectivity index (χ0) is 27.8. The molecule has 0 radical (unpaired) electrons. The summed E-state index contributed by atoms with van der Waals surface area (Å²) < 4.78 is 24.2. The van der Waals surface area contributed by atoms with Crippen molar-refractivity contribution >= 4 is 22.8 Å². The first-order valence-electron chi connectivity index (χ1n) is 13.5. The topological polar surface area (TPSA) is 114 Å². The van der Waals surface area contributed by atoms with E-state index in [1.54, 1.807) is 38.4 Å². The highest BCUT2D eigenvalue weighted by Crippen LogP contribution is 2.59. The summed E-state index contributed by atoms with van der Waals surface area (Å²) in [6.07, 6.45) is 7.28. The minimum atomic E-state index is -0.957. The number of carbonyl (C=O) groups is 1. The summed E-state index contributed by atoms with van der Waals surface area (Å²) in [5.41, 5.74) is 6.85. The minimum Gasteiger partial charge on any atom is -0.482 e. The number of carbonyl (C=O) groups excluding carboxylic acids is 1. The molecular weight excluding hydrogens is 496 g/mol. The van der Waals surface area contributed by atoms with Crippen molar-refractivity contribution in [1.29, 1.82) is 0 Å². The second-order valence-electron chi connectivity index (χ2n) is 10.9. The maximum Gasteiger partial charge on any atom is 0.336 e. The van der Waals surface area contributed by atoms with Crippen molar-refractivity contribution in [2.24, 2.45) is 5.92 Å². The van der Waals surface area contributed by atoms with Crippen molar-refractivity contribution in [2.75, 3.05) is 19.5 Å². The van der Waals surface area contributed by atoms with Gasteiger partial charge in [-0.3, -0.25) is 0 Å². The molecule has 3 heterocycles. The fraction of sp³-hybridized carbons (Fsp3) is 0.452. The number of rotatable bonds is 7. The van der Waals surface area contributed by atoms with Gasteiger partial charge in [0.15, 0.2) is 5.60 Å². The van der Waals surface area contributed by atoms with Gasteiger partial charge in [-0.1, -0.05) is 6.08 Å². The van der Waals surface area contributed by atoms with Crippen LogP contribution in [-0.4, -0.2) is 35.9 Å². The van der Waals surface area contributed by atoms with Gasteiger partial charge in [0.25, 0.3) is 0 Å². The lowest BCUT2D eigenvalue weighted by atomic mass is 9.57. The number of nitrogens with two attached hydrogens (primary N) is 1. The van der Waals surface area contributed by atoms with Crippen LogP contribution in [0, 0.1) is 5.92 Å². The summed E-state index contributed by atoms with van der Waals surface area (Å²) in [5, 5.41) is 0.814. The molecule has 0 bridgehead atoms. The van der Waals surface area contributed by atoms with E-state index in [1.807, 2.05) is 32.0 Å². The van der Waals surface area contributed by atoms with Crippen molar-refractivity contribution < 1.29 is 23.4 Å². The Labute approximate surface area is 228 Å². The van der Waals surface area contributed by atoms with E-state index < -0.39 is 16.8 Å². The van der Waals surface area contributed by atoms with Gasteiger partial charge in [0.2, 0.25) is 0 Å². The molecule has 8 nitrogen and oxygen atoms in total. The molecule has 0 saturated heterocycles. The minimum absolute atomic E-state index is 0.153. The highest BCUT2D eigenvalue weighted by atomic mass is 16.6. The summed E-state index contributed by atoms with van der Waals surface area (Å²) in [6.45, 7) is 6.23. The average molecular weight is 533 g/mol. The molecular formula is C31H36N2O6. The molecule has 4 unspecified atom stereocenters. The van der Waals surface area contributed by atoms with Gasteiger partial charge in [-0.2, -0.15) is 0 Å². The van der Waals surface area contributed by atoms with Crippen molar-refractivity contribution in [2.45, 2.75) is 70.0 Å². The van der Waals surface area contributed by atoms with Crippen LogP contribution in [0.4, 0.5) is 5.82 Å². The number of hydrogen-bond donors (Lipinski definition) is 1. The number of benzene rings is 1. The third-order valence-corrected chi connectivity index (χ3v) is 8.57. The van der Waals surface area contributed by atoms with Crippen molar-refractivity contribution in [3.05, 3.63) is 75.8 Å². The number of fused-ring (bicyclic) bond motifs is 2. The second kappa shape index (κ2) is 10.5. The predicted molar refractivity (Wildman–Crippen MR) is 149 cm³/mol. The van der Waals surface area contributed by atoms with Gasteiger partial charge in [0, 0.05) is 55.3 Å². The van der Waals surface area contributed by atoms with Crippen LogP contribution in [0.2, 0.25) is 0 Å². The van der Waals surface area contributed by atoms with Gasteiger partial charge in [0.1, 0.15) is 22.8 Å². The Morgan fingerprint density at radius 1 is 1.26 bits per heavy atom. The number of methoxy groups -OCH3 is 1. The Kier molecular flexibility index (Phi) is 7.25. The Balaban J connectivity index is 1.68. The Bertz CT molecular complexity index is 1480. The molecule has 1 aromatic carbocycles. The third kappa shape index (κ3) is 4.82. The normalized spacial score (nSPS) is 26.4. The second-order valence-corrected chi connectivity index (χ2v) is 10.9. The van der Waals surface area contributed by atoms with E-state index in [1.165, 1.54) is 6.07 Å². The molecule has 8 heteroatoms. The maximum atomic E-state index is 13.2. The highest BCUT2D eigenvalue weighted by Gasteiger charge is 2.65. The van der Waals surface area contributed by atoms with Crippen LogP contribution in [0.15, 0.2) is 63.5 Å². The average Bonchev–Trinajstić information content (AvgIpc) is 3.28. The number of ether oxygens (including phenoxy) is 3. The molecule has 4 atom stereocenters. The molecule has 0 amide bonds. The zero-order valence-corrected chi connectivity index (χ0v) is 23.0. The van der Waals surface area contributed by atoms with E-state index >= 15 is 0 Å². The first kappa shape index (κ1) is 26.9. The number of aromatic nitrogens is 1. The lowest BCUT2D eigenvalue weighted by molar-refractivity contribution is -0.200. The number of pyridine rings is 1. The molecule has 1 fully saturated rings. The maximum absolute atomic E-state index is 13.2. The van der Waals surface area contributed by atoms with Gasteiger partial charge in [0.05, 0.1) is 0 Å². The van der Waals surface area contributed by atoms with Crippen LogP contribution >= 0.6 is 0 Å². The molecule has 1 aliphatic heterocycles. The van der Waals surface area contributed by atoms with Crippen molar-refractivity contribution in [3.8, 4) is 5.75 Å². The Morgan fingerprint density at radius 3 is 2.82 bits per heavy atom. The molecule has 2 N–H and O–H groups in total. The van der Waals surface area contributed by atoms with Crippen molar-refractivity contribution in [3.63, 3.8) is 0 Å². The summed E-state index contributed by atoms with van der Waals surface area (Å²) in [7, 11) is 1.71. The molecule has 39 heavy (non-hydrogen) atoms. The highest BCUT2D eigenvalue weighted by molar-refractivity contribution is 5.88. The lowest BCUT2D eigenvalue weighted by Gasteiger charge is -2.55. The number of anilines is 1. The van der Waals surface area contributed by atoms with Crippen LogP contribution in [0.5, 0.6) is 5.75 Å². The molecule has 2 aliphatic rings. The fourth-order valence-electron chi connectivity index (χ4n) is 6.45. The lowest BCUT2D eigenvalue weighted by Crippen LogP contribution is -2.65. The fourth-order valence-corrected chi connectivity index (χ4v) is 6.45. The van der Waals surface area contributed by atoms with Gasteiger partial charge >= 0.3 is 11.6 Å². The van der Waals surface area contributed by atoms with E-state index in [9.17, 15) is 9.59 Å². The standard InChI is InChI=1S/C31H36N2O6/c1-5-19(2)29(35)39-30(3)12-10-20(7-6-14-36-4)28(22-11-13-33-26(32)16-22)31(30)18-23-15-21-8-9-27(34)37-24(21)17-25(23)38-31/h5,8-9,11,13,15-17,20,28H,6-7,10,12,14,18H2,1-4H3,(H2,32,33). The van der Waals surface area contributed by atoms with E-state index in [0.29, 0.717) is 42.2 Å². The smallest absolute Gasteiger partial charge is 0.336 e. The number of allylic oxidation sites excluding steroid dienone is 1. The summed E-state index contributed by atoms with van der Waals surface area (Å²) in [6, 6.07) is 10.9. The number of hydrogen-bond acceptors (Lipinski definition) is 8. The number of esters is 1. The third-order valence-electron chi connectivity index (χ3n) is 8.57. The van der Waals surface area contributed by atoms with E-state index in [0.717, 1.165) is 35.8 Å². The molecule has 1 aliphatic carbocycles. The monoisotopic (exact) mass is 532 g/mol. The number of nitrogen functional groups attached to an aromatic ring is 1. The van der Waals surface area contributed by atoms with Crippen LogP contribution in [0.1, 0.15) is 63.5 Å². The summed E-state index contributed by atoms with van der Waals surface area (Å²) in [4.78, 5) is 29.4. The van der Waals surface area contributed by atoms with Gasteiger partial charge < -0.3 is 24.4 Å². The van der Waals surface area contributed by atoms with E-state index in [2.05, 4.69) is 4.98 Å². The van der Waals surface area contributed by atoms with Crippen LogP contribution < -0.4 is 16.1 Å². The first-order valence-corrected chi connectivity index (χ1v) is 13.5. The molecule has 5 rings (SSSR count). The molecule has 206 valence electrons. The quantitative estimate of drug-likeness (QED) is 0.188. The zero-order valence-electron chi connectivity index (χ0n) is 23.0.